The van der Waals surface area contributed by atoms with E-state index in [2.05, 4.69) is 25.5 Å². The number of carbonyl (C=O) groups excluding carboxylic acids is 1. The maximum atomic E-state index is 13.8. The maximum absolute atomic E-state index is 13.8. The first-order valence-corrected chi connectivity index (χ1v) is 14.4. The number of nitrogens with zero attached hydrogens (tertiary/aromatic N) is 4. The van der Waals surface area contributed by atoms with Crippen LogP contribution in [-0.2, 0) is 14.3 Å². The fraction of sp³-hybridized carbons (Fsp3) is 0.375. The standard InChI is InChI=1S/C32H38FN7O3/c1-21(22-9-6-5-7-10-22)36-31-35-17-15-25(37-31)27-26(23-11-13-24(33)14-12-23)38-28(39-27)29-42-19-32(2,20-43-29)30(41)34-16-8-18-40(3)4/h5-7,9-15,17,21,29H,8,16,18-20H2,1-4H3,(H,34,41)(H,38,39)(H,35,36,37). The summed E-state index contributed by atoms with van der Waals surface area (Å²) in [5.41, 5.74) is 2.74. The van der Waals surface area contributed by atoms with Crippen LogP contribution in [-0.4, -0.2) is 71.1 Å². The van der Waals surface area contributed by atoms with Crippen LogP contribution >= 0.6 is 0 Å². The number of hydrogen-bond acceptors (Lipinski definition) is 8. The molecule has 3 heterocycles. The van der Waals surface area contributed by atoms with E-state index < -0.39 is 11.7 Å². The zero-order valence-electron chi connectivity index (χ0n) is 24.9. The van der Waals surface area contributed by atoms with E-state index in [4.69, 9.17) is 19.4 Å². The highest BCUT2D eigenvalue weighted by Crippen LogP contribution is 2.35. The lowest BCUT2D eigenvalue weighted by Crippen LogP contribution is -2.49. The minimum absolute atomic E-state index is 0.0196. The van der Waals surface area contributed by atoms with Gasteiger partial charge in [0.15, 0.2) is 5.82 Å². The Labute approximate surface area is 251 Å². The molecule has 5 rings (SSSR count). The zero-order chi connectivity index (χ0) is 30.4. The minimum atomic E-state index is -0.827. The largest absolute Gasteiger partial charge is 0.355 e. The van der Waals surface area contributed by atoms with Crippen molar-refractivity contribution in [3.8, 4) is 22.6 Å². The van der Waals surface area contributed by atoms with Gasteiger partial charge < -0.3 is 30.0 Å². The summed E-state index contributed by atoms with van der Waals surface area (Å²) in [6.45, 7) is 5.67. The summed E-state index contributed by atoms with van der Waals surface area (Å²) in [5.74, 6) is 0.423. The number of anilines is 1. The summed E-state index contributed by atoms with van der Waals surface area (Å²) in [6.07, 6.45) is 1.71. The van der Waals surface area contributed by atoms with Crippen LogP contribution in [0.25, 0.3) is 22.6 Å². The highest BCUT2D eigenvalue weighted by atomic mass is 19.1. The molecule has 226 valence electrons. The lowest BCUT2D eigenvalue weighted by atomic mass is 9.91. The van der Waals surface area contributed by atoms with Crippen molar-refractivity contribution in [2.24, 2.45) is 5.41 Å². The number of H-pyrrole nitrogens is 1. The molecule has 1 saturated heterocycles. The van der Waals surface area contributed by atoms with Crippen molar-refractivity contribution in [2.75, 3.05) is 45.7 Å². The Morgan fingerprint density at radius 3 is 2.51 bits per heavy atom. The van der Waals surface area contributed by atoms with Crippen molar-refractivity contribution in [1.82, 2.24) is 30.2 Å². The van der Waals surface area contributed by atoms with Gasteiger partial charge in [-0.3, -0.25) is 4.79 Å². The van der Waals surface area contributed by atoms with Gasteiger partial charge in [-0.25, -0.2) is 19.3 Å². The van der Waals surface area contributed by atoms with Gasteiger partial charge in [0.25, 0.3) is 0 Å². The molecule has 43 heavy (non-hydrogen) atoms. The number of nitrogens with one attached hydrogen (secondary N) is 3. The van der Waals surface area contributed by atoms with Crippen molar-refractivity contribution >= 4 is 11.9 Å². The van der Waals surface area contributed by atoms with Crippen LogP contribution in [0.2, 0.25) is 0 Å². The predicted molar refractivity (Wildman–Crippen MR) is 162 cm³/mol. The number of carbonyl (C=O) groups is 1. The normalized spacial score (nSPS) is 19.3. The van der Waals surface area contributed by atoms with Crippen molar-refractivity contribution < 1.29 is 18.7 Å². The van der Waals surface area contributed by atoms with Gasteiger partial charge in [-0.1, -0.05) is 30.3 Å². The molecule has 1 amide bonds. The van der Waals surface area contributed by atoms with E-state index in [1.54, 1.807) is 24.4 Å². The Morgan fingerprint density at radius 2 is 1.81 bits per heavy atom. The Hall–Kier alpha value is -4.19. The molecule has 2 aromatic heterocycles. The predicted octanol–water partition coefficient (Wildman–Crippen LogP) is 4.97. The summed E-state index contributed by atoms with van der Waals surface area (Å²) in [4.78, 5) is 32.3. The second kappa shape index (κ2) is 13.4. The first kappa shape index (κ1) is 30.3. The minimum Gasteiger partial charge on any atom is -0.355 e. The number of benzene rings is 2. The van der Waals surface area contributed by atoms with Crippen LogP contribution in [0.4, 0.5) is 10.3 Å². The van der Waals surface area contributed by atoms with Gasteiger partial charge in [-0.2, -0.15) is 0 Å². The van der Waals surface area contributed by atoms with E-state index in [1.165, 1.54) is 12.1 Å². The molecule has 1 unspecified atom stereocenters. The van der Waals surface area contributed by atoms with E-state index >= 15 is 0 Å². The number of ether oxygens (including phenoxy) is 2. The summed E-state index contributed by atoms with van der Waals surface area (Å²) in [6, 6.07) is 17.9. The number of rotatable bonds is 11. The highest BCUT2D eigenvalue weighted by molar-refractivity contribution is 5.82. The van der Waals surface area contributed by atoms with Crippen LogP contribution in [0.3, 0.4) is 0 Å². The molecule has 0 spiro atoms. The molecule has 1 fully saturated rings. The number of aromatic amines is 1. The molecule has 4 aromatic rings. The number of hydrogen-bond donors (Lipinski definition) is 3. The average Bonchev–Trinajstić information content (AvgIpc) is 3.46. The van der Waals surface area contributed by atoms with Gasteiger partial charge in [-0.15, -0.1) is 0 Å². The van der Waals surface area contributed by atoms with Crippen LogP contribution in [0.5, 0.6) is 0 Å². The van der Waals surface area contributed by atoms with E-state index in [0.29, 0.717) is 41.0 Å². The van der Waals surface area contributed by atoms with Crippen LogP contribution in [0.15, 0.2) is 66.9 Å². The second-order valence-electron chi connectivity index (χ2n) is 11.3. The SMILES string of the molecule is CC(Nc1nccc(-c2[nH]c(C3OCC(C)(C(=O)NCCCN(C)C)CO3)nc2-c2ccc(F)cc2)n1)c1ccccc1. The molecule has 1 atom stereocenters. The Kier molecular flexibility index (Phi) is 9.44. The highest BCUT2D eigenvalue weighted by Gasteiger charge is 2.40. The van der Waals surface area contributed by atoms with Crippen molar-refractivity contribution in [1.29, 1.82) is 0 Å². The molecular formula is C32H38FN7O3. The number of halogens is 1. The van der Waals surface area contributed by atoms with Gasteiger partial charge in [0.1, 0.15) is 5.82 Å². The Bertz CT molecular complexity index is 1500. The maximum Gasteiger partial charge on any atom is 0.230 e. The van der Waals surface area contributed by atoms with Gasteiger partial charge in [0, 0.05) is 18.3 Å². The molecule has 0 saturated carbocycles. The number of imidazole rings is 1. The first-order valence-electron chi connectivity index (χ1n) is 14.4. The Balaban J connectivity index is 1.35. The third-order valence-corrected chi connectivity index (χ3v) is 7.34. The summed E-state index contributed by atoms with van der Waals surface area (Å²) in [7, 11) is 4.00. The molecule has 11 heteroatoms. The zero-order valence-corrected chi connectivity index (χ0v) is 24.9. The fourth-order valence-electron chi connectivity index (χ4n) is 4.80. The first-order chi connectivity index (χ1) is 20.7. The molecule has 3 N–H and O–H groups in total. The van der Waals surface area contributed by atoms with E-state index in [0.717, 1.165) is 18.5 Å². The number of aromatic nitrogens is 4. The van der Waals surface area contributed by atoms with Crippen LogP contribution in [0.1, 0.15) is 44.0 Å². The fourth-order valence-corrected chi connectivity index (χ4v) is 4.80. The van der Waals surface area contributed by atoms with Crippen LogP contribution < -0.4 is 10.6 Å². The smallest absolute Gasteiger partial charge is 0.230 e. The van der Waals surface area contributed by atoms with Crippen molar-refractivity contribution in [2.45, 2.75) is 32.6 Å². The quantitative estimate of drug-likeness (QED) is 0.211. The average molecular weight is 588 g/mol. The summed E-state index contributed by atoms with van der Waals surface area (Å²) in [5, 5.41) is 6.35. The lowest BCUT2D eigenvalue weighted by molar-refractivity contribution is -0.231. The molecule has 10 nitrogen and oxygen atoms in total. The second-order valence-corrected chi connectivity index (χ2v) is 11.3. The van der Waals surface area contributed by atoms with E-state index in [1.807, 2.05) is 58.3 Å². The summed E-state index contributed by atoms with van der Waals surface area (Å²) >= 11 is 0. The molecule has 0 bridgehead atoms. The molecule has 1 aliphatic rings. The third-order valence-electron chi connectivity index (χ3n) is 7.34. The topological polar surface area (TPSA) is 117 Å². The van der Waals surface area contributed by atoms with E-state index in [-0.39, 0.29) is 31.0 Å². The van der Waals surface area contributed by atoms with Crippen molar-refractivity contribution in [3.05, 3.63) is 84.1 Å². The van der Waals surface area contributed by atoms with E-state index in [9.17, 15) is 9.18 Å². The summed E-state index contributed by atoms with van der Waals surface area (Å²) < 4.78 is 25.9. The Morgan fingerprint density at radius 1 is 1.09 bits per heavy atom. The van der Waals surface area contributed by atoms with Crippen LogP contribution in [0, 0.1) is 11.2 Å². The number of amides is 1. The van der Waals surface area contributed by atoms with Gasteiger partial charge >= 0.3 is 0 Å². The van der Waals surface area contributed by atoms with Crippen molar-refractivity contribution in [3.63, 3.8) is 0 Å². The molecular weight excluding hydrogens is 549 g/mol. The van der Waals surface area contributed by atoms with Gasteiger partial charge in [-0.05, 0) is 76.8 Å². The van der Waals surface area contributed by atoms with Gasteiger partial charge in [0.05, 0.1) is 41.8 Å². The molecule has 1 aliphatic heterocycles. The van der Waals surface area contributed by atoms with Gasteiger partial charge in [0.2, 0.25) is 18.1 Å². The molecule has 0 radical (unpaired) electrons. The molecule has 2 aromatic carbocycles. The monoisotopic (exact) mass is 587 g/mol. The molecule has 0 aliphatic carbocycles. The third kappa shape index (κ3) is 7.42. The lowest BCUT2D eigenvalue weighted by Gasteiger charge is -2.35.